The average Bonchev–Trinajstić information content (AvgIpc) is 3.42. The molecule has 2 aliphatic rings. The van der Waals surface area contributed by atoms with Crippen LogP contribution in [0.3, 0.4) is 0 Å². The quantitative estimate of drug-likeness (QED) is 0.227. The molecule has 2 aromatic rings. The van der Waals surface area contributed by atoms with E-state index in [1.54, 1.807) is 11.7 Å². The summed E-state index contributed by atoms with van der Waals surface area (Å²) in [6.45, 7) is 6.41. The van der Waals surface area contributed by atoms with E-state index >= 15 is 0 Å². The molecule has 0 radical (unpaired) electrons. The van der Waals surface area contributed by atoms with Crippen LogP contribution in [-0.2, 0) is 32.6 Å². The van der Waals surface area contributed by atoms with Crippen molar-refractivity contribution in [1.82, 2.24) is 29.9 Å². The molecule has 1 saturated heterocycles. The van der Waals surface area contributed by atoms with Gasteiger partial charge in [0.1, 0.15) is 5.82 Å². The molecule has 2 aliphatic heterocycles. The average molecular weight is 553 g/mol. The van der Waals surface area contributed by atoms with E-state index in [1.165, 1.54) is 37.1 Å². The van der Waals surface area contributed by atoms with Gasteiger partial charge in [0.15, 0.2) is 5.96 Å². The minimum atomic E-state index is 0. The van der Waals surface area contributed by atoms with E-state index in [9.17, 15) is 4.79 Å². The third-order valence-corrected chi connectivity index (χ3v) is 6.18. The number of nitrogens with zero attached hydrogens (tertiary/aromatic N) is 5. The van der Waals surface area contributed by atoms with Crippen LogP contribution >= 0.6 is 24.0 Å². The topological polar surface area (TPSA) is 79.5 Å². The van der Waals surface area contributed by atoms with Crippen molar-refractivity contribution in [3.8, 4) is 0 Å². The van der Waals surface area contributed by atoms with Gasteiger partial charge in [-0.3, -0.25) is 14.5 Å². The van der Waals surface area contributed by atoms with Crippen molar-refractivity contribution in [1.29, 1.82) is 0 Å². The number of aliphatic imine (C=N–C) groups is 1. The Morgan fingerprint density at radius 1 is 1.03 bits per heavy atom. The number of rotatable bonds is 8. The van der Waals surface area contributed by atoms with Gasteiger partial charge in [-0.1, -0.05) is 24.3 Å². The van der Waals surface area contributed by atoms with E-state index in [2.05, 4.69) is 49.9 Å². The molecule has 9 heteroatoms. The van der Waals surface area contributed by atoms with Crippen LogP contribution in [-0.4, -0.2) is 51.9 Å². The van der Waals surface area contributed by atoms with E-state index in [1.807, 2.05) is 4.57 Å². The molecule has 32 heavy (non-hydrogen) atoms. The number of fused-ring (bicyclic) bond motifs is 1. The van der Waals surface area contributed by atoms with Gasteiger partial charge in [0.2, 0.25) is 0 Å². The minimum Gasteiger partial charge on any atom is -0.356 e. The smallest absolute Gasteiger partial charge is 0.345 e. The molecule has 0 aliphatic carbocycles. The molecule has 0 amide bonds. The Kier molecular flexibility index (Phi) is 9.58. The van der Waals surface area contributed by atoms with Crippen molar-refractivity contribution in [2.75, 3.05) is 26.7 Å². The minimum absolute atomic E-state index is 0. The van der Waals surface area contributed by atoms with Crippen LogP contribution in [0.4, 0.5) is 0 Å². The van der Waals surface area contributed by atoms with Gasteiger partial charge in [0.05, 0.1) is 0 Å². The Morgan fingerprint density at radius 3 is 2.47 bits per heavy atom. The first kappa shape index (κ1) is 24.8. The van der Waals surface area contributed by atoms with Crippen molar-refractivity contribution < 1.29 is 0 Å². The van der Waals surface area contributed by atoms with Crippen LogP contribution < -0.4 is 16.3 Å². The molecule has 3 heterocycles. The lowest BCUT2D eigenvalue weighted by atomic mass is 10.1. The highest BCUT2D eigenvalue weighted by atomic mass is 127. The van der Waals surface area contributed by atoms with Crippen LogP contribution in [0.5, 0.6) is 0 Å². The lowest BCUT2D eigenvalue weighted by Gasteiger charge is -2.15. The van der Waals surface area contributed by atoms with Gasteiger partial charge in [-0.25, -0.2) is 9.48 Å². The molecule has 0 unspecified atom stereocenters. The maximum absolute atomic E-state index is 12.4. The second-order valence-corrected chi connectivity index (χ2v) is 8.54. The van der Waals surface area contributed by atoms with Crippen molar-refractivity contribution >= 4 is 29.9 Å². The fourth-order valence-corrected chi connectivity index (χ4v) is 4.40. The Hall–Kier alpha value is -1.88. The fraction of sp³-hybridized carbons (Fsp3) is 0.609. The summed E-state index contributed by atoms with van der Waals surface area (Å²) in [5.74, 6) is 1.71. The largest absolute Gasteiger partial charge is 0.356 e. The first-order chi connectivity index (χ1) is 15.2. The zero-order valence-corrected chi connectivity index (χ0v) is 21.4. The lowest BCUT2D eigenvalue weighted by molar-refractivity contribution is 0.331. The number of halogens is 1. The van der Waals surface area contributed by atoms with Crippen LogP contribution in [0.1, 0.15) is 49.1 Å². The summed E-state index contributed by atoms with van der Waals surface area (Å²) >= 11 is 0. The van der Waals surface area contributed by atoms with Crippen molar-refractivity contribution in [3.63, 3.8) is 0 Å². The highest BCUT2D eigenvalue weighted by molar-refractivity contribution is 14.0. The summed E-state index contributed by atoms with van der Waals surface area (Å²) < 4.78 is 3.44. The molecule has 0 atom stereocenters. The van der Waals surface area contributed by atoms with Crippen LogP contribution in [0.25, 0.3) is 0 Å². The molecule has 1 aromatic carbocycles. The third kappa shape index (κ3) is 6.57. The SMILES string of the molecule is CN=C(NCCCn1nc2n(c1=O)CCCC2)NCc1ccc(CN2CCCC2)cc1.I. The monoisotopic (exact) mass is 553 g/mol. The van der Waals surface area contributed by atoms with Crippen molar-refractivity contribution in [2.24, 2.45) is 4.99 Å². The highest BCUT2D eigenvalue weighted by Crippen LogP contribution is 2.13. The number of guanidine groups is 1. The normalized spacial score (nSPS) is 16.5. The number of aryl methyl sites for hydroxylation is 2. The summed E-state index contributed by atoms with van der Waals surface area (Å²) in [6, 6.07) is 8.85. The van der Waals surface area contributed by atoms with Gasteiger partial charge < -0.3 is 10.6 Å². The summed E-state index contributed by atoms with van der Waals surface area (Å²) in [6.07, 6.45) is 6.59. The molecule has 1 aromatic heterocycles. The molecule has 176 valence electrons. The molecular formula is C23H36IN7O. The van der Waals surface area contributed by atoms with Crippen molar-refractivity contribution in [3.05, 3.63) is 51.7 Å². The second-order valence-electron chi connectivity index (χ2n) is 8.54. The van der Waals surface area contributed by atoms with Gasteiger partial charge in [-0.05, 0) is 56.3 Å². The summed E-state index contributed by atoms with van der Waals surface area (Å²) in [4.78, 5) is 19.2. The van der Waals surface area contributed by atoms with Gasteiger partial charge in [-0.15, -0.1) is 24.0 Å². The maximum atomic E-state index is 12.4. The number of hydrogen-bond acceptors (Lipinski definition) is 4. The van der Waals surface area contributed by atoms with E-state index in [0.717, 1.165) is 63.6 Å². The Labute approximate surface area is 207 Å². The van der Waals surface area contributed by atoms with Crippen LogP contribution in [0, 0.1) is 0 Å². The van der Waals surface area contributed by atoms with E-state index in [-0.39, 0.29) is 29.7 Å². The fourth-order valence-electron chi connectivity index (χ4n) is 4.40. The zero-order valence-electron chi connectivity index (χ0n) is 19.1. The first-order valence-electron chi connectivity index (χ1n) is 11.6. The first-order valence-corrected chi connectivity index (χ1v) is 11.6. The maximum Gasteiger partial charge on any atom is 0.345 e. The van der Waals surface area contributed by atoms with Crippen LogP contribution in [0.2, 0.25) is 0 Å². The number of hydrogen-bond donors (Lipinski definition) is 2. The summed E-state index contributed by atoms with van der Waals surface area (Å²) in [5, 5.41) is 11.2. The van der Waals surface area contributed by atoms with Crippen LogP contribution in [0.15, 0.2) is 34.1 Å². The molecule has 0 spiro atoms. The third-order valence-electron chi connectivity index (χ3n) is 6.18. The molecule has 0 saturated carbocycles. The molecule has 0 bridgehead atoms. The number of aromatic nitrogens is 3. The summed E-state index contributed by atoms with van der Waals surface area (Å²) in [7, 11) is 1.78. The Morgan fingerprint density at radius 2 is 1.75 bits per heavy atom. The van der Waals surface area contributed by atoms with Gasteiger partial charge >= 0.3 is 5.69 Å². The number of benzene rings is 1. The second kappa shape index (κ2) is 12.4. The number of likely N-dealkylation sites (tertiary alicyclic amines) is 1. The van der Waals surface area contributed by atoms with E-state index < -0.39 is 0 Å². The van der Waals surface area contributed by atoms with E-state index in [4.69, 9.17) is 0 Å². The van der Waals surface area contributed by atoms with Gasteiger partial charge in [-0.2, -0.15) is 5.10 Å². The Bertz CT molecular complexity index is 929. The molecule has 8 nitrogen and oxygen atoms in total. The molecule has 2 N–H and O–H groups in total. The Balaban J connectivity index is 0.00000289. The predicted octanol–water partition coefficient (Wildman–Crippen LogP) is 2.35. The summed E-state index contributed by atoms with van der Waals surface area (Å²) in [5.41, 5.74) is 2.65. The van der Waals surface area contributed by atoms with Gasteiger partial charge in [0, 0.05) is 46.2 Å². The highest BCUT2D eigenvalue weighted by Gasteiger charge is 2.16. The predicted molar refractivity (Wildman–Crippen MR) is 139 cm³/mol. The molecule has 4 rings (SSSR count). The molecular weight excluding hydrogens is 517 g/mol. The number of nitrogens with one attached hydrogen (secondary N) is 2. The standard InChI is InChI=1S/C23H35N7O.HI/c1-24-22(25-12-6-16-30-23(31)29-15-3-2-7-21(29)27-30)26-17-19-8-10-20(11-9-19)18-28-13-4-5-14-28;/h8-11H,2-7,12-18H2,1H3,(H2,24,25,26);1H. The zero-order chi connectivity index (χ0) is 21.5. The van der Waals surface area contributed by atoms with Crippen molar-refractivity contribution in [2.45, 2.75) is 64.7 Å². The molecule has 1 fully saturated rings. The lowest BCUT2D eigenvalue weighted by Crippen LogP contribution is -2.38. The van der Waals surface area contributed by atoms with E-state index in [0.29, 0.717) is 6.54 Å². The van der Waals surface area contributed by atoms with Gasteiger partial charge in [0.25, 0.3) is 0 Å².